The van der Waals surface area contributed by atoms with E-state index < -0.39 is 6.04 Å². The van der Waals surface area contributed by atoms with Gasteiger partial charge in [-0.25, -0.2) is 0 Å². The lowest BCUT2D eigenvalue weighted by Crippen LogP contribution is -2.56. The Morgan fingerprint density at radius 2 is 1.48 bits per heavy atom. The van der Waals surface area contributed by atoms with Crippen LogP contribution in [-0.2, 0) is 9.59 Å². The van der Waals surface area contributed by atoms with Crippen LogP contribution < -0.4 is 9.80 Å². The molecule has 3 aromatic carbocycles. The molecule has 1 fully saturated rings. The van der Waals surface area contributed by atoms with Crippen LogP contribution in [0.1, 0.15) is 17.2 Å². The van der Waals surface area contributed by atoms with Crippen LogP contribution in [0.2, 0.25) is 0 Å². The van der Waals surface area contributed by atoms with Gasteiger partial charge in [-0.3, -0.25) is 14.5 Å². The molecule has 2 amide bonds. The van der Waals surface area contributed by atoms with E-state index in [0.29, 0.717) is 0 Å². The van der Waals surface area contributed by atoms with Crippen LogP contribution in [0.5, 0.6) is 0 Å². The standard InChI is InChI=1S/C24H22N2O2S/c1-17-8-12-19(13-9-17)25-16-22(27)26(20-6-4-3-5-7-20)23(24(25)28)18-10-14-21(29-2)15-11-18/h3-15,23H,16H2,1-2H3/t23-/m1/s1. The molecule has 0 radical (unpaired) electrons. The Morgan fingerprint density at radius 3 is 2.10 bits per heavy atom. The van der Waals surface area contributed by atoms with E-state index in [2.05, 4.69) is 0 Å². The van der Waals surface area contributed by atoms with Crippen molar-refractivity contribution in [2.75, 3.05) is 22.6 Å². The summed E-state index contributed by atoms with van der Waals surface area (Å²) >= 11 is 1.65. The van der Waals surface area contributed by atoms with E-state index >= 15 is 0 Å². The molecule has 1 aliphatic heterocycles. The maximum atomic E-state index is 13.6. The summed E-state index contributed by atoms with van der Waals surface area (Å²) in [4.78, 5) is 31.2. The number of carbonyl (C=O) groups is 2. The fourth-order valence-electron chi connectivity index (χ4n) is 3.59. The topological polar surface area (TPSA) is 40.6 Å². The largest absolute Gasteiger partial charge is 0.301 e. The molecule has 1 heterocycles. The number of amides is 2. The third kappa shape index (κ3) is 3.78. The molecule has 1 aliphatic rings. The van der Waals surface area contributed by atoms with Gasteiger partial charge in [0.2, 0.25) is 5.91 Å². The Labute approximate surface area is 175 Å². The minimum Gasteiger partial charge on any atom is -0.301 e. The maximum Gasteiger partial charge on any atom is 0.255 e. The second kappa shape index (κ2) is 8.13. The molecule has 4 nitrogen and oxygen atoms in total. The van der Waals surface area contributed by atoms with Crippen molar-refractivity contribution in [1.82, 2.24) is 0 Å². The van der Waals surface area contributed by atoms with Crippen molar-refractivity contribution in [2.24, 2.45) is 0 Å². The molecule has 0 spiro atoms. The van der Waals surface area contributed by atoms with E-state index in [4.69, 9.17) is 0 Å². The van der Waals surface area contributed by atoms with E-state index in [-0.39, 0.29) is 18.4 Å². The van der Waals surface area contributed by atoms with Crippen molar-refractivity contribution in [3.05, 3.63) is 90.0 Å². The number of hydrogen-bond donors (Lipinski definition) is 0. The van der Waals surface area contributed by atoms with E-state index in [1.165, 1.54) is 0 Å². The summed E-state index contributed by atoms with van der Waals surface area (Å²) in [6.45, 7) is 2.02. The van der Waals surface area contributed by atoms with Crippen LogP contribution in [0.25, 0.3) is 0 Å². The zero-order chi connectivity index (χ0) is 20.4. The Hall–Kier alpha value is -3.05. The van der Waals surface area contributed by atoms with Gasteiger partial charge in [0, 0.05) is 16.3 Å². The number of anilines is 2. The summed E-state index contributed by atoms with van der Waals surface area (Å²) in [7, 11) is 0. The number of carbonyl (C=O) groups excluding carboxylic acids is 2. The molecule has 29 heavy (non-hydrogen) atoms. The molecule has 1 atom stereocenters. The Bertz CT molecular complexity index is 1020. The molecular weight excluding hydrogens is 380 g/mol. The number of benzene rings is 3. The van der Waals surface area contributed by atoms with Crippen LogP contribution in [0.3, 0.4) is 0 Å². The first-order valence-corrected chi connectivity index (χ1v) is 10.7. The maximum absolute atomic E-state index is 13.6. The molecule has 5 heteroatoms. The predicted octanol–water partition coefficient (Wildman–Crippen LogP) is 4.84. The first kappa shape index (κ1) is 19.3. The van der Waals surface area contributed by atoms with E-state index in [0.717, 1.165) is 27.4 Å². The number of nitrogens with zero attached hydrogens (tertiary/aromatic N) is 2. The lowest BCUT2D eigenvalue weighted by molar-refractivity contribution is -0.128. The van der Waals surface area contributed by atoms with E-state index in [9.17, 15) is 9.59 Å². The SMILES string of the molecule is CSc1ccc([C@@H]2C(=O)N(c3ccc(C)cc3)CC(=O)N2c2ccccc2)cc1. The number of hydrogen-bond acceptors (Lipinski definition) is 3. The monoisotopic (exact) mass is 402 g/mol. The summed E-state index contributed by atoms with van der Waals surface area (Å²) < 4.78 is 0. The molecule has 0 N–H and O–H groups in total. The lowest BCUT2D eigenvalue weighted by Gasteiger charge is -2.40. The fraction of sp³-hybridized carbons (Fsp3) is 0.167. The van der Waals surface area contributed by atoms with Gasteiger partial charge in [0.15, 0.2) is 0 Å². The fourth-order valence-corrected chi connectivity index (χ4v) is 4.00. The van der Waals surface area contributed by atoms with Crippen molar-refractivity contribution in [1.29, 1.82) is 0 Å². The highest BCUT2D eigenvalue weighted by molar-refractivity contribution is 7.98. The van der Waals surface area contributed by atoms with Crippen LogP contribution in [0, 0.1) is 6.92 Å². The zero-order valence-electron chi connectivity index (χ0n) is 16.4. The molecule has 0 aliphatic carbocycles. The van der Waals surface area contributed by atoms with Gasteiger partial charge in [0.1, 0.15) is 12.6 Å². The highest BCUT2D eigenvalue weighted by atomic mass is 32.2. The predicted molar refractivity (Wildman–Crippen MR) is 118 cm³/mol. The van der Waals surface area contributed by atoms with Gasteiger partial charge in [-0.15, -0.1) is 11.8 Å². The average Bonchev–Trinajstić information content (AvgIpc) is 2.76. The van der Waals surface area contributed by atoms with Gasteiger partial charge in [0.25, 0.3) is 5.91 Å². The summed E-state index contributed by atoms with van der Waals surface area (Å²) in [5.41, 5.74) is 3.39. The Kier molecular flexibility index (Phi) is 5.41. The summed E-state index contributed by atoms with van der Waals surface area (Å²) in [6, 6.07) is 24.3. The number of aryl methyl sites for hydroxylation is 1. The molecule has 0 unspecified atom stereocenters. The van der Waals surface area contributed by atoms with Gasteiger partial charge in [-0.1, -0.05) is 48.0 Å². The van der Waals surface area contributed by atoms with Crippen LogP contribution in [-0.4, -0.2) is 24.6 Å². The van der Waals surface area contributed by atoms with Crippen molar-refractivity contribution < 1.29 is 9.59 Å². The molecule has 146 valence electrons. The Balaban J connectivity index is 1.79. The number of rotatable bonds is 4. The molecule has 4 rings (SSSR count). The first-order chi connectivity index (χ1) is 14.1. The van der Waals surface area contributed by atoms with Crippen molar-refractivity contribution >= 4 is 35.0 Å². The molecular formula is C24H22N2O2S. The first-order valence-electron chi connectivity index (χ1n) is 9.47. The molecule has 3 aromatic rings. The smallest absolute Gasteiger partial charge is 0.255 e. The van der Waals surface area contributed by atoms with Gasteiger partial charge in [0.05, 0.1) is 0 Å². The van der Waals surface area contributed by atoms with Crippen molar-refractivity contribution in [2.45, 2.75) is 17.9 Å². The van der Waals surface area contributed by atoms with Crippen LogP contribution in [0.4, 0.5) is 11.4 Å². The minimum absolute atomic E-state index is 0.0240. The quantitative estimate of drug-likeness (QED) is 0.587. The molecule has 1 saturated heterocycles. The van der Waals surface area contributed by atoms with Crippen LogP contribution >= 0.6 is 11.8 Å². The highest BCUT2D eigenvalue weighted by Crippen LogP contribution is 2.35. The molecule has 0 aromatic heterocycles. The number of para-hydroxylation sites is 1. The normalized spacial score (nSPS) is 17.0. The summed E-state index contributed by atoms with van der Waals surface area (Å²) in [6.07, 6.45) is 2.01. The van der Waals surface area contributed by atoms with Crippen molar-refractivity contribution in [3.63, 3.8) is 0 Å². The third-order valence-corrected chi connectivity index (χ3v) is 5.88. The average molecular weight is 403 g/mol. The van der Waals surface area contributed by atoms with Gasteiger partial charge < -0.3 is 4.90 Å². The van der Waals surface area contributed by atoms with Gasteiger partial charge >= 0.3 is 0 Å². The number of piperazine rings is 1. The molecule has 0 bridgehead atoms. The van der Waals surface area contributed by atoms with Crippen molar-refractivity contribution in [3.8, 4) is 0 Å². The minimum atomic E-state index is -0.698. The lowest BCUT2D eigenvalue weighted by atomic mass is 9.99. The summed E-state index contributed by atoms with van der Waals surface area (Å²) in [5, 5.41) is 0. The number of thioether (sulfide) groups is 1. The Morgan fingerprint density at radius 1 is 0.828 bits per heavy atom. The van der Waals surface area contributed by atoms with Gasteiger partial charge in [-0.05, 0) is 55.1 Å². The zero-order valence-corrected chi connectivity index (χ0v) is 17.2. The van der Waals surface area contributed by atoms with Crippen LogP contribution in [0.15, 0.2) is 83.8 Å². The summed E-state index contributed by atoms with van der Waals surface area (Å²) in [5.74, 6) is -0.204. The molecule has 0 saturated carbocycles. The highest BCUT2D eigenvalue weighted by Gasteiger charge is 2.41. The van der Waals surface area contributed by atoms with Gasteiger partial charge in [-0.2, -0.15) is 0 Å². The van der Waals surface area contributed by atoms with E-state index in [1.807, 2.05) is 92.0 Å². The second-order valence-electron chi connectivity index (χ2n) is 7.03. The third-order valence-electron chi connectivity index (χ3n) is 5.13. The van der Waals surface area contributed by atoms with E-state index in [1.54, 1.807) is 21.6 Å². The second-order valence-corrected chi connectivity index (χ2v) is 7.91.